The second-order valence-electron chi connectivity index (χ2n) is 17.0. The smallest absolute Gasteiger partial charge is 0.324 e. The summed E-state index contributed by atoms with van der Waals surface area (Å²) < 4.78 is 20.4. The van der Waals surface area contributed by atoms with Gasteiger partial charge >= 0.3 is 5.97 Å². The summed E-state index contributed by atoms with van der Waals surface area (Å²) in [6, 6.07) is 9.39. The van der Waals surface area contributed by atoms with Crippen LogP contribution in [0.1, 0.15) is 88.7 Å². The first-order chi connectivity index (χ1) is 26.9. The summed E-state index contributed by atoms with van der Waals surface area (Å²) in [6.45, 7) is 12.4. The fourth-order valence-corrected chi connectivity index (χ4v) is 9.76. The lowest BCUT2D eigenvalue weighted by atomic mass is 9.84. The summed E-state index contributed by atoms with van der Waals surface area (Å²) in [7, 11) is 1.71. The number of fused-ring (bicyclic) bond motifs is 6. The Bertz CT molecular complexity index is 2110. The molecule has 4 aliphatic rings. The number of thiazole rings is 1. The number of carbonyl (C=O) groups excluding carboxylic acids is 3. The van der Waals surface area contributed by atoms with E-state index in [1.165, 1.54) is 16.3 Å². The van der Waals surface area contributed by atoms with Gasteiger partial charge in [0.05, 0.1) is 34.8 Å². The Morgan fingerprint density at radius 2 is 1.91 bits per heavy atom. The van der Waals surface area contributed by atoms with Crippen molar-refractivity contribution in [1.82, 2.24) is 30.3 Å². The highest BCUT2D eigenvalue weighted by Crippen LogP contribution is 2.46. The average molecular weight is 783 g/mol. The summed E-state index contributed by atoms with van der Waals surface area (Å²) in [5.74, 6) is -0.373. The Kier molecular flexibility index (Phi) is 10.8. The number of nitrogens with one attached hydrogen (secondary N) is 2. The maximum atomic E-state index is 14.2. The highest BCUT2D eigenvalue weighted by molar-refractivity contribution is 7.10. The lowest BCUT2D eigenvalue weighted by Gasteiger charge is -2.35. The number of amides is 2. The van der Waals surface area contributed by atoms with Crippen molar-refractivity contribution in [3.8, 4) is 22.5 Å². The third-order valence-corrected chi connectivity index (χ3v) is 13.3. The van der Waals surface area contributed by atoms with Gasteiger partial charge in [-0.2, -0.15) is 0 Å². The molecule has 8 rings (SSSR count). The van der Waals surface area contributed by atoms with Crippen LogP contribution < -0.4 is 10.7 Å². The molecule has 2 N–H and O–H groups in total. The molecule has 1 saturated carbocycles. The molecule has 0 unspecified atom stereocenters. The van der Waals surface area contributed by atoms with Gasteiger partial charge in [-0.25, -0.2) is 10.4 Å². The van der Waals surface area contributed by atoms with Crippen LogP contribution in [0.5, 0.6) is 0 Å². The van der Waals surface area contributed by atoms with Gasteiger partial charge in [-0.05, 0) is 80.7 Å². The van der Waals surface area contributed by atoms with Crippen molar-refractivity contribution in [1.29, 1.82) is 0 Å². The number of hydrogen-bond donors (Lipinski definition) is 2. The quantitative estimate of drug-likeness (QED) is 0.212. The third kappa shape index (κ3) is 7.50. The maximum Gasteiger partial charge on any atom is 0.324 e. The Balaban J connectivity index is 1.28. The normalized spacial score (nSPS) is 26.4. The largest absolute Gasteiger partial charge is 0.464 e. The van der Waals surface area contributed by atoms with Crippen LogP contribution in [0.25, 0.3) is 33.4 Å². The predicted molar refractivity (Wildman–Crippen MR) is 215 cm³/mol. The zero-order valence-electron chi connectivity index (χ0n) is 33.3. The number of cyclic esters (lactones) is 1. The number of pyridine rings is 1. The summed E-state index contributed by atoms with van der Waals surface area (Å²) >= 11 is 1.49. The Morgan fingerprint density at radius 1 is 1.12 bits per heavy atom. The number of hydrogen-bond acceptors (Lipinski definition) is 10. The molecule has 3 fully saturated rings. The van der Waals surface area contributed by atoms with E-state index in [-0.39, 0.29) is 54.7 Å². The minimum Gasteiger partial charge on any atom is -0.464 e. The molecule has 12 nitrogen and oxygen atoms in total. The molecule has 3 aliphatic heterocycles. The Labute approximate surface area is 332 Å². The molecule has 298 valence electrons. The molecule has 6 atom stereocenters. The van der Waals surface area contributed by atoms with Crippen LogP contribution in [0, 0.1) is 23.2 Å². The van der Waals surface area contributed by atoms with E-state index < -0.39 is 23.5 Å². The molecule has 0 radical (unpaired) electrons. The van der Waals surface area contributed by atoms with Gasteiger partial charge in [0.1, 0.15) is 12.1 Å². The maximum absolute atomic E-state index is 14.2. The molecule has 4 aromatic rings. The summed E-state index contributed by atoms with van der Waals surface area (Å²) in [5.41, 5.74) is 9.75. The molecule has 0 spiro atoms. The second-order valence-corrected chi connectivity index (χ2v) is 17.9. The van der Waals surface area contributed by atoms with Crippen molar-refractivity contribution >= 4 is 40.0 Å². The number of nitrogens with zero attached hydrogens (tertiary/aromatic N) is 4. The van der Waals surface area contributed by atoms with Gasteiger partial charge < -0.3 is 24.1 Å². The van der Waals surface area contributed by atoms with Crippen LogP contribution in [0.2, 0.25) is 0 Å². The van der Waals surface area contributed by atoms with Gasteiger partial charge in [0.2, 0.25) is 5.91 Å². The molecular weight excluding hydrogens is 729 g/mol. The molecule has 1 aliphatic carbocycles. The van der Waals surface area contributed by atoms with E-state index in [0.717, 1.165) is 62.5 Å². The first kappa shape index (κ1) is 38.7. The van der Waals surface area contributed by atoms with Crippen molar-refractivity contribution in [3.05, 3.63) is 58.2 Å². The fraction of sp³-hybridized carbons (Fsp3) is 0.558. The monoisotopic (exact) mass is 782 g/mol. The van der Waals surface area contributed by atoms with Gasteiger partial charge in [-0.3, -0.25) is 24.4 Å². The molecule has 56 heavy (non-hydrogen) atoms. The van der Waals surface area contributed by atoms with Crippen molar-refractivity contribution in [3.63, 3.8) is 0 Å². The summed E-state index contributed by atoms with van der Waals surface area (Å²) in [6.07, 6.45) is 5.37. The number of rotatable bonds is 6. The number of esters is 1. The molecule has 13 heteroatoms. The number of aromatic nitrogens is 3. The predicted octanol–water partition coefficient (Wildman–Crippen LogP) is 6.44. The third-order valence-electron chi connectivity index (χ3n) is 12.5. The van der Waals surface area contributed by atoms with E-state index in [9.17, 15) is 14.4 Å². The Morgan fingerprint density at radius 3 is 2.66 bits per heavy atom. The van der Waals surface area contributed by atoms with Crippen molar-refractivity contribution in [2.75, 3.05) is 33.5 Å². The lowest BCUT2D eigenvalue weighted by molar-refractivity contribution is -0.155. The minimum atomic E-state index is -0.838. The summed E-state index contributed by atoms with van der Waals surface area (Å²) in [4.78, 5) is 51.3. The first-order valence-corrected chi connectivity index (χ1v) is 21.0. The topological polar surface area (TPSA) is 137 Å². The van der Waals surface area contributed by atoms with Gasteiger partial charge in [0.25, 0.3) is 5.91 Å². The van der Waals surface area contributed by atoms with E-state index in [1.54, 1.807) is 7.11 Å². The van der Waals surface area contributed by atoms with Gasteiger partial charge in [-0.1, -0.05) is 33.8 Å². The molecular formula is C43H54N6O6S. The lowest BCUT2D eigenvalue weighted by Crippen LogP contribution is -2.60. The van der Waals surface area contributed by atoms with E-state index in [2.05, 4.69) is 67.3 Å². The number of methoxy groups -OCH3 is 1. The minimum absolute atomic E-state index is 0.114. The SMILES string of the molecule is CO[C@@H](C)c1ncccc1-c1c2c3cc(ccc3n1C1CCOCC1)-c1csc(n1)C[C@H](NC(=O)[C@H]1[C@H](C)[C@@H]1C)C(=O)N1CCC[C@H](N1)C(=O)OCC(C)(C)C2. The van der Waals surface area contributed by atoms with E-state index in [4.69, 9.17) is 24.2 Å². The zero-order chi connectivity index (χ0) is 39.3. The fourth-order valence-electron chi connectivity index (χ4n) is 8.91. The van der Waals surface area contributed by atoms with E-state index >= 15 is 0 Å². The van der Waals surface area contributed by atoms with Crippen molar-refractivity contribution in [2.45, 2.75) is 97.4 Å². The number of ether oxygens (including phenoxy) is 3. The summed E-state index contributed by atoms with van der Waals surface area (Å²) in [5, 5.41) is 8.48. The van der Waals surface area contributed by atoms with E-state index in [0.29, 0.717) is 39.0 Å². The van der Waals surface area contributed by atoms with Gasteiger partial charge in [0.15, 0.2) is 0 Å². The van der Waals surface area contributed by atoms with Crippen LogP contribution in [0.15, 0.2) is 41.9 Å². The zero-order valence-corrected chi connectivity index (χ0v) is 34.1. The number of carbonyl (C=O) groups is 3. The van der Waals surface area contributed by atoms with Crippen LogP contribution in [0.3, 0.4) is 0 Å². The highest BCUT2D eigenvalue weighted by Gasteiger charge is 2.49. The highest BCUT2D eigenvalue weighted by atomic mass is 32.1. The van der Waals surface area contributed by atoms with Crippen LogP contribution in [-0.4, -0.2) is 82.9 Å². The van der Waals surface area contributed by atoms with Gasteiger partial charge in [-0.15, -0.1) is 11.3 Å². The van der Waals surface area contributed by atoms with Crippen molar-refractivity contribution < 1.29 is 28.6 Å². The standard InChI is InChI=1S/C43H54N6O6S/c1-24-25(2)37(24)40(50)46-33-20-36-45-34(22-56-36)27-11-12-35-30(19-27)31(21-43(4,5)23-55-42(52)32-10-8-16-48(47-32)41(33)51)39(49(35)28-13-17-54-18-14-28)29-9-7-15-44-38(29)26(3)53-6/h7,9,11-12,15,19,22,24-26,28,32-33,37,47H,8,10,13-14,16-18,20-21,23H2,1-6H3,(H,46,50)/t24-,25+,26-,32-,33-,37+/m0/s1. The van der Waals surface area contributed by atoms with Crippen molar-refractivity contribution in [2.24, 2.45) is 23.2 Å². The van der Waals surface area contributed by atoms with Crippen LogP contribution in [0.4, 0.5) is 0 Å². The van der Waals surface area contributed by atoms with E-state index in [1.807, 2.05) is 24.6 Å². The molecule has 6 bridgehead atoms. The number of benzene rings is 1. The number of hydrazine groups is 1. The molecule has 3 aromatic heterocycles. The first-order valence-electron chi connectivity index (χ1n) is 20.2. The van der Waals surface area contributed by atoms with Crippen LogP contribution in [-0.2, 0) is 41.4 Å². The van der Waals surface area contributed by atoms with Gasteiger partial charge in [0, 0.05) is 84.3 Å². The molecule has 2 saturated heterocycles. The average Bonchev–Trinajstić information content (AvgIpc) is 3.48. The second kappa shape index (κ2) is 15.6. The molecule has 6 heterocycles. The Hall–Kier alpha value is -4.17. The molecule has 1 aromatic carbocycles. The molecule has 2 amide bonds. The van der Waals surface area contributed by atoms with Crippen LogP contribution >= 0.6 is 11.3 Å².